The molecule has 0 fully saturated rings. The van der Waals surface area contributed by atoms with E-state index in [1.165, 1.54) is 0 Å². The van der Waals surface area contributed by atoms with E-state index in [2.05, 4.69) is 0 Å². The lowest BCUT2D eigenvalue weighted by Crippen LogP contribution is -2.00. The van der Waals surface area contributed by atoms with E-state index in [9.17, 15) is 4.39 Å². The van der Waals surface area contributed by atoms with Gasteiger partial charge in [-0.25, -0.2) is 4.39 Å². The van der Waals surface area contributed by atoms with Gasteiger partial charge in [-0.2, -0.15) is 0 Å². The number of nitrogens with two attached hydrogens (primary N) is 2. The molecule has 2 nitrogen and oxygen atoms in total. The molecule has 0 aliphatic heterocycles. The van der Waals surface area contributed by atoms with Crippen molar-refractivity contribution in [3.05, 3.63) is 35.1 Å². The van der Waals surface area contributed by atoms with Crippen LogP contribution in [0.15, 0.2) is 18.2 Å². The van der Waals surface area contributed by atoms with Crippen LogP contribution >= 0.6 is 0 Å². The Balaban J connectivity index is 3.08. The fourth-order valence-electron chi connectivity index (χ4n) is 1.81. The summed E-state index contributed by atoms with van der Waals surface area (Å²) in [5, 5.41) is 1.12. The summed E-state index contributed by atoms with van der Waals surface area (Å²) < 4.78 is 13.9. The van der Waals surface area contributed by atoms with Crippen LogP contribution in [0.2, 0.25) is 0 Å². The van der Waals surface area contributed by atoms with Crippen molar-refractivity contribution in [2.45, 2.75) is 13.8 Å². The number of hydrogen-bond acceptors (Lipinski definition) is 2. The maximum atomic E-state index is 13.9. The van der Waals surface area contributed by atoms with Gasteiger partial charge in [-0.15, -0.1) is 0 Å². The van der Waals surface area contributed by atoms with Crippen molar-refractivity contribution in [1.82, 2.24) is 0 Å². The summed E-state index contributed by atoms with van der Waals surface area (Å²) in [6.45, 7) is 3.53. The van der Waals surface area contributed by atoms with Crippen molar-refractivity contribution >= 4 is 22.1 Å². The summed E-state index contributed by atoms with van der Waals surface area (Å²) in [5.41, 5.74) is 14.2. The molecule has 0 spiro atoms. The Morgan fingerprint density at radius 2 is 1.73 bits per heavy atom. The highest BCUT2D eigenvalue weighted by Gasteiger charge is 2.13. The average Bonchev–Trinajstić information content (AvgIpc) is 2.23. The van der Waals surface area contributed by atoms with Crippen LogP contribution in [0.1, 0.15) is 11.1 Å². The van der Waals surface area contributed by atoms with Gasteiger partial charge in [-0.3, -0.25) is 0 Å². The number of nitrogen functional groups attached to an aromatic ring is 2. The molecule has 2 aromatic rings. The summed E-state index contributed by atoms with van der Waals surface area (Å²) in [6, 6.07) is 5.16. The Labute approximate surface area is 87.7 Å². The van der Waals surface area contributed by atoms with E-state index in [-0.39, 0.29) is 5.82 Å². The molecule has 0 unspecified atom stereocenters. The van der Waals surface area contributed by atoms with E-state index in [0.717, 1.165) is 5.56 Å². The van der Waals surface area contributed by atoms with Gasteiger partial charge < -0.3 is 11.5 Å². The number of anilines is 2. The molecular formula is C12H13FN2. The maximum Gasteiger partial charge on any atom is 0.134 e. The first-order valence-electron chi connectivity index (χ1n) is 4.76. The minimum Gasteiger partial charge on any atom is -0.398 e. The predicted molar refractivity (Wildman–Crippen MR) is 62.2 cm³/mol. The van der Waals surface area contributed by atoms with Crippen LogP contribution in [0.25, 0.3) is 10.8 Å². The van der Waals surface area contributed by atoms with Crippen molar-refractivity contribution in [2.24, 2.45) is 0 Å². The van der Waals surface area contributed by atoms with Crippen LogP contribution in [0, 0.1) is 19.7 Å². The van der Waals surface area contributed by atoms with Crippen LogP contribution in [-0.2, 0) is 0 Å². The van der Waals surface area contributed by atoms with Crippen molar-refractivity contribution < 1.29 is 4.39 Å². The van der Waals surface area contributed by atoms with E-state index in [0.29, 0.717) is 27.7 Å². The minimum atomic E-state index is -0.232. The first-order valence-corrected chi connectivity index (χ1v) is 4.76. The summed E-state index contributed by atoms with van der Waals surface area (Å²) >= 11 is 0. The fraction of sp³-hybridized carbons (Fsp3) is 0.167. The number of benzene rings is 2. The third-order valence-electron chi connectivity index (χ3n) is 2.90. The number of hydrogen-bond donors (Lipinski definition) is 2. The smallest absolute Gasteiger partial charge is 0.134 e. The fourth-order valence-corrected chi connectivity index (χ4v) is 1.81. The zero-order valence-electron chi connectivity index (χ0n) is 8.76. The van der Waals surface area contributed by atoms with Gasteiger partial charge >= 0.3 is 0 Å². The van der Waals surface area contributed by atoms with Gasteiger partial charge in [0.25, 0.3) is 0 Å². The van der Waals surface area contributed by atoms with Gasteiger partial charge in [0, 0.05) is 22.1 Å². The van der Waals surface area contributed by atoms with Crippen molar-refractivity contribution in [3.8, 4) is 0 Å². The average molecular weight is 204 g/mol. The highest BCUT2D eigenvalue weighted by atomic mass is 19.1. The van der Waals surface area contributed by atoms with Gasteiger partial charge in [0.15, 0.2) is 0 Å². The van der Waals surface area contributed by atoms with Crippen molar-refractivity contribution in [3.63, 3.8) is 0 Å². The second kappa shape index (κ2) is 3.12. The van der Waals surface area contributed by atoms with Gasteiger partial charge in [0.1, 0.15) is 5.82 Å². The molecule has 4 N–H and O–H groups in total. The molecule has 3 heteroatoms. The predicted octanol–water partition coefficient (Wildman–Crippen LogP) is 2.76. The molecule has 15 heavy (non-hydrogen) atoms. The van der Waals surface area contributed by atoms with Crippen molar-refractivity contribution in [2.75, 3.05) is 11.5 Å². The summed E-state index contributed by atoms with van der Waals surface area (Å²) in [7, 11) is 0. The lowest BCUT2D eigenvalue weighted by atomic mass is 9.98. The third-order valence-corrected chi connectivity index (χ3v) is 2.90. The highest BCUT2D eigenvalue weighted by Crippen LogP contribution is 2.34. The molecule has 0 heterocycles. The Bertz CT molecular complexity index is 547. The molecule has 0 bridgehead atoms. The molecule has 0 aromatic heterocycles. The summed E-state index contributed by atoms with van der Waals surface area (Å²) in [6.07, 6.45) is 0. The zero-order valence-corrected chi connectivity index (χ0v) is 8.76. The molecule has 0 saturated heterocycles. The maximum absolute atomic E-state index is 13.9. The van der Waals surface area contributed by atoms with E-state index in [4.69, 9.17) is 11.5 Å². The van der Waals surface area contributed by atoms with Crippen LogP contribution in [0.5, 0.6) is 0 Å². The Hall–Kier alpha value is -1.77. The quantitative estimate of drug-likeness (QED) is 0.648. The molecule has 0 radical (unpaired) electrons. The molecule has 0 atom stereocenters. The van der Waals surface area contributed by atoms with Crippen LogP contribution in [-0.4, -0.2) is 0 Å². The van der Waals surface area contributed by atoms with Gasteiger partial charge in [-0.05, 0) is 31.0 Å². The molecule has 0 aliphatic rings. The second-order valence-electron chi connectivity index (χ2n) is 3.75. The topological polar surface area (TPSA) is 52.0 Å². The zero-order chi connectivity index (χ0) is 11.2. The molecule has 78 valence electrons. The monoisotopic (exact) mass is 204 g/mol. The van der Waals surface area contributed by atoms with Gasteiger partial charge in [-0.1, -0.05) is 12.1 Å². The van der Waals surface area contributed by atoms with Crippen molar-refractivity contribution in [1.29, 1.82) is 0 Å². The first-order chi connectivity index (χ1) is 7.04. The minimum absolute atomic E-state index is 0.232. The Morgan fingerprint density at radius 3 is 2.40 bits per heavy atom. The third kappa shape index (κ3) is 1.23. The second-order valence-corrected chi connectivity index (χ2v) is 3.75. The van der Waals surface area contributed by atoms with E-state index in [1.54, 1.807) is 32.0 Å². The molecule has 2 rings (SSSR count). The first kappa shape index (κ1) is 9.77. The molecule has 0 aliphatic carbocycles. The van der Waals surface area contributed by atoms with E-state index >= 15 is 0 Å². The van der Waals surface area contributed by atoms with E-state index in [1.807, 2.05) is 0 Å². The summed E-state index contributed by atoms with van der Waals surface area (Å²) in [5.74, 6) is -0.232. The molecule has 0 saturated carbocycles. The standard InChI is InChI=1S/C12H13FN2/c1-6-7(2)12(15)10-8(11(6)13)4-3-5-9(10)14/h3-5H,14-15H2,1-2H3. The normalized spacial score (nSPS) is 10.9. The number of rotatable bonds is 0. The molecule has 0 amide bonds. The number of fused-ring (bicyclic) bond motifs is 1. The Kier molecular flexibility index (Phi) is 2.03. The van der Waals surface area contributed by atoms with E-state index < -0.39 is 0 Å². The lowest BCUT2D eigenvalue weighted by molar-refractivity contribution is 0.629. The molecule has 2 aromatic carbocycles. The summed E-state index contributed by atoms with van der Waals surface area (Å²) in [4.78, 5) is 0. The number of halogens is 1. The Morgan fingerprint density at radius 1 is 1.07 bits per heavy atom. The van der Waals surface area contributed by atoms with Gasteiger partial charge in [0.2, 0.25) is 0 Å². The molecular weight excluding hydrogens is 191 g/mol. The lowest BCUT2D eigenvalue weighted by Gasteiger charge is -2.12. The largest absolute Gasteiger partial charge is 0.398 e. The van der Waals surface area contributed by atoms with Gasteiger partial charge in [0.05, 0.1) is 0 Å². The highest BCUT2D eigenvalue weighted by molar-refractivity contribution is 6.03. The van der Waals surface area contributed by atoms with Crippen LogP contribution in [0.4, 0.5) is 15.8 Å². The SMILES string of the molecule is Cc1c(C)c(N)c2c(N)cccc2c1F. The van der Waals surface area contributed by atoms with Crippen LogP contribution < -0.4 is 11.5 Å². The van der Waals surface area contributed by atoms with Crippen LogP contribution in [0.3, 0.4) is 0 Å².